The van der Waals surface area contributed by atoms with Gasteiger partial charge in [0.15, 0.2) is 5.82 Å². The summed E-state index contributed by atoms with van der Waals surface area (Å²) in [6.45, 7) is 17.6. The van der Waals surface area contributed by atoms with E-state index in [0.717, 1.165) is 40.6 Å². The number of hydrogen-bond acceptors (Lipinski definition) is 21. The summed E-state index contributed by atoms with van der Waals surface area (Å²) < 4.78 is 0. The van der Waals surface area contributed by atoms with Gasteiger partial charge in [-0.3, -0.25) is 57.6 Å². The van der Waals surface area contributed by atoms with Crippen molar-refractivity contribution in [1.82, 2.24) is 82.1 Å². The first-order chi connectivity index (χ1) is 57.3. The van der Waals surface area contributed by atoms with E-state index in [1.165, 1.54) is 37.7 Å². The molecule has 11 amide bonds. The van der Waals surface area contributed by atoms with Gasteiger partial charge in [-0.05, 0) is 176 Å². The van der Waals surface area contributed by atoms with Crippen LogP contribution >= 0.6 is 11.6 Å². The molecule has 120 heavy (non-hydrogen) atoms. The van der Waals surface area contributed by atoms with Crippen LogP contribution in [0, 0.1) is 5.92 Å². The van der Waals surface area contributed by atoms with Gasteiger partial charge in [-0.2, -0.15) is 15.0 Å². The Morgan fingerprint density at radius 2 is 1.22 bits per heavy atom. The van der Waals surface area contributed by atoms with Crippen molar-refractivity contribution >= 4 is 105 Å². The molecule has 2 fully saturated rings. The molecule has 32 nitrogen and oxygen atoms in total. The molecule has 0 saturated carbocycles. The second kappa shape index (κ2) is 46.6. The van der Waals surface area contributed by atoms with E-state index in [4.69, 9.17) is 27.3 Å². The van der Waals surface area contributed by atoms with Crippen LogP contribution in [0.3, 0.4) is 0 Å². The Balaban J connectivity index is 1.14. The van der Waals surface area contributed by atoms with Crippen molar-refractivity contribution in [2.45, 2.75) is 225 Å². The second-order valence-electron chi connectivity index (χ2n) is 32.3. The number of pyridine rings is 1. The van der Waals surface area contributed by atoms with Crippen LogP contribution in [0.2, 0.25) is 5.02 Å². The molecule has 1 unspecified atom stereocenters. The number of primary amides is 1. The van der Waals surface area contributed by atoms with E-state index in [1.807, 2.05) is 91.1 Å². The molecule has 10 atom stereocenters. The van der Waals surface area contributed by atoms with Gasteiger partial charge in [-0.15, -0.1) is 0 Å². The topological polar surface area (TPSA) is 431 Å². The highest BCUT2D eigenvalue weighted by Gasteiger charge is 2.41. The van der Waals surface area contributed by atoms with Crippen molar-refractivity contribution in [3.8, 4) is 11.4 Å². The number of unbranched alkanes of at least 4 members (excludes halogenated alkanes) is 2. The average molecular weight is 1680 g/mol. The standard InChI is InChI=1S/C87H123ClN20O12/c1-13-90-86-102-77(103-87(104-86)94-54(6)7)60-35-31-58(32-36-60)47-73(107(12)84(119)70(51-109)101-81(116)69(48-61-25-20-24-59-23-14-15-26-64(59)61)100-80(115)68(46-57-33-38-63(88)39-34-57)96-75(111)50-106(11)56(9)110)83(118)97-65(27-16-19-42-92-74-40-37-62(49-93-74)71-29-21-43-105(71)10)78(113)99-67(45-52(2)3)79(114)98-66(28-17-18-41-91-53(4)5)85(120)108-44-22-30-72(108)82(117)95-55(8)76(89)112/h14-15,20,23-26,31-40,49,52-55,65-73,91,109H,13,16-19,21-22,27-30,41-48,50-51H2,1-12H3,(H2,89,112)(H,92,93)(H,95,117)(H,96,111)(H,97,118)(H,98,114)(H,99,113)(H,100,115)(H,101,116)(H2,90,94,102,103,104)/t55-,65-,66-,67-,68-,69-,70-,71?,72-,73-/m0/s1. The number of carbonyl (C=O) groups excluding carboxylic acids is 11. The molecule has 14 N–H and O–H groups in total. The fourth-order valence-electron chi connectivity index (χ4n) is 14.7. The summed E-state index contributed by atoms with van der Waals surface area (Å²) >= 11 is 6.26. The zero-order valence-electron chi connectivity index (χ0n) is 71.2. The summed E-state index contributed by atoms with van der Waals surface area (Å²) in [5.74, 6) is -6.60. The van der Waals surface area contributed by atoms with Gasteiger partial charge in [0.1, 0.15) is 60.2 Å². The molecule has 0 radical (unpaired) electrons. The van der Waals surface area contributed by atoms with Crippen LogP contribution in [0.25, 0.3) is 22.2 Å². The molecule has 6 aromatic rings. The summed E-state index contributed by atoms with van der Waals surface area (Å²) in [4.78, 5) is 184. The summed E-state index contributed by atoms with van der Waals surface area (Å²) in [7, 11) is 4.85. The van der Waals surface area contributed by atoms with Crippen molar-refractivity contribution in [3.05, 3.63) is 137 Å². The van der Waals surface area contributed by atoms with Crippen molar-refractivity contribution in [1.29, 1.82) is 0 Å². The second-order valence-corrected chi connectivity index (χ2v) is 32.7. The first-order valence-electron chi connectivity index (χ1n) is 41.8. The third-order valence-electron chi connectivity index (χ3n) is 21.4. The maximum absolute atomic E-state index is 15.9. The molecule has 4 heterocycles. The molecule has 0 aliphatic carbocycles. The SMILES string of the molecule is CCNc1nc(NC(C)C)nc(-c2ccc(C[C@@H](C(=O)N[C@@H](CCCCNc3ccc(C4CCCN4C)cn3)C(=O)N[C@@H](CC(C)C)C(=O)N[C@@H](CCCCNC(C)C)C(=O)N3CCC[C@H]3C(=O)N[C@@H](C)C(N)=O)N(C)C(=O)[C@H](CO)NC(=O)[C@H](Cc3cccc4ccccc34)NC(=O)[C@H](Cc3ccc(Cl)cc3)NC(=O)CN(C)C(C)=O)cc2)n1. The highest BCUT2D eigenvalue weighted by molar-refractivity contribution is 6.30. The Bertz CT molecular complexity index is 4440. The van der Waals surface area contributed by atoms with Gasteiger partial charge in [-0.25, -0.2) is 4.98 Å². The van der Waals surface area contributed by atoms with Crippen molar-refractivity contribution < 1.29 is 57.8 Å². The number of aliphatic hydroxyl groups excluding tert-OH is 1. The highest BCUT2D eigenvalue weighted by atomic mass is 35.5. The summed E-state index contributed by atoms with van der Waals surface area (Å²) in [6.07, 6.45) is 6.33. The lowest BCUT2D eigenvalue weighted by molar-refractivity contribution is -0.144. The zero-order chi connectivity index (χ0) is 87.3. The first-order valence-corrected chi connectivity index (χ1v) is 42.2. The lowest BCUT2D eigenvalue weighted by atomic mass is 9.97. The third kappa shape index (κ3) is 28.6. The minimum atomic E-state index is -1.80. The fourth-order valence-corrected chi connectivity index (χ4v) is 14.8. The summed E-state index contributed by atoms with van der Waals surface area (Å²) in [5.41, 5.74) is 8.87. The molecule has 2 saturated heterocycles. The van der Waals surface area contributed by atoms with E-state index in [9.17, 15) is 33.9 Å². The van der Waals surface area contributed by atoms with Crippen molar-refractivity contribution in [2.24, 2.45) is 11.7 Å². The van der Waals surface area contributed by atoms with Crippen LogP contribution < -0.4 is 64.2 Å². The quantitative estimate of drug-likeness (QED) is 0.0211. The van der Waals surface area contributed by atoms with Gasteiger partial charge in [-0.1, -0.05) is 124 Å². The number of nitrogens with one attached hydrogen (secondary N) is 11. The monoisotopic (exact) mass is 1670 g/mol. The lowest BCUT2D eigenvalue weighted by Crippen LogP contribution is -2.61. The number of halogens is 1. The van der Waals surface area contributed by atoms with Gasteiger partial charge < -0.3 is 84.0 Å². The number of likely N-dealkylation sites (N-methyl/N-ethyl adjacent to an activating group) is 2. The Morgan fingerprint density at radius 1 is 0.608 bits per heavy atom. The number of fused-ring (bicyclic) bond motifs is 1. The van der Waals surface area contributed by atoms with Gasteiger partial charge in [0.25, 0.3) is 0 Å². The number of nitrogens with two attached hydrogens (primary N) is 1. The van der Waals surface area contributed by atoms with Gasteiger partial charge in [0.2, 0.25) is 76.9 Å². The number of aromatic nitrogens is 4. The maximum atomic E-state index is 15.9. The van der Waals surface area contributed by atoms with Crippen LogP contribution in [0.4, 0.5) is 17.7 Å². The number of likely N-dealkylation sites (tertiary alicyclic amines) is 2. The molecule has 4 aromatic carbocycles. The van der Waals surface area contributed by atoms with E-state index in [1.54, 1.807) is 60.7 Å². The van der Waals surface area contributed by atoms with Crippen molar-refractivity contribution in [2.75, 3.05) is 83.0 Å². The van der Waals surface area contributed by atoms with Crippen LogP contribution in [0.1, 0.15) is 161 Å². The Hall–Kier alpha value is -11.0. The molecule has 2 aliphatic heterocycles. The molecular weight excluding hydrogens is 1550 g/mol. The molecule has 650 valence electrons. The molecule has 33 heteroatoms. The van der Waals surface area contributed by atoms with E-state index >= 15 is 24.0 Å². The van der Waals surface area contributed by atoms with Crippen molar-refractivity contribution in [3.63, 3.8) is 0 Å². The third-order valence-corrected chi connectivity index (χ3v) is 21.7. The van der Waals surface area contributed by atoms with Gasteiger partial charge in [0.05, 0.1) is 13.2 Å². The van der Waals surface area contributed by atoms with Crippen LogP contribution in [-0.2, 0) is 72.0 Å². The minimum Gasteiger partial charge on any atom is -0.394 e. The zero-order valence-corrected chi connectivity index (χ0v) is 72.0. The van der Waals surface area contributed by atoms with E-state index in [2.05, 4.69) is 86.5 Å². The number of rotatable bonds is 46. The molecule has 8 rings (SSSR count). The largest absolute Gasteiger partial charge is 0.394 e. The number of benzene rings is 4. The van der Waals surface area contributed by atoms with Gasteiger partial charge in [0, 0.05) is 94.8 Å². The predicted molar refractivity (Wildman–Crippen MR) is 462 cm³/mol. The van der Waals surface area contributed by atoms with E-state index in [-0.39, 0.29) is 69.1 Å². The predicted octanol–water partition coefficient (Wildman–Crippen LogP) is 5.47. The number of nitrogens with zero attached hydrogens (tertiary/aromatic N) is 8. The highest BCUT2D eigenvalue weighted by Crippen LogP contribution is 2.31. The first kappa shape index (κ1) is 94.5. The molecule has 2 aromatic heterocycles. The average Bonchev–Trinajstić information content (AvgIpc) is 1.74. The number of aliphatic hydroxyl groups is 1. The van der Waals surface area contributed by atoms with E-state index in [0.29, 0.717) is 109 Å². The summed E-state index contributed by atoms with van der Waals surface area (Å²) in [5, 5.41) is 46.3. The van der Waals surface area contributed by atoms with Crippen LogP contribution in [0.5, 0.6) is 0 Å². The lowest BCUT2D eigenvalue weighted by Gasteiger charge is -2.33. The van der Waals surface area contributed by atoms with Crippen LogP contribution in [0.15, 0.2) is 109 Å². The number of hydrogen-bond donors (Lipinski definition) is 13. The number of anilines is 3. The molecular formula is C87H123ClN20O12. The fraction of sp³-hybridized carbons (Fsp3) is 0.529. The van der Waals surface area contributed by atoms with E-state index < -0.39 is 133 Å². The Morgan fingerprint density at radius 3 is 1.86 bits per heavy atom. The number of amides is 11. The minimum absolute atomic E-state index is 0.0136. The van der Waals surface area contributed by atoms with Gasteiger partial charge >= 0.3 is 0 Å². The smallest absolute Gasteiger partial charge is 0.247 e. The summed E-state index contributed by atoms with van der Waals surface area (Å²) in [6, 6.07) is 18.7. The number of carbonyl (C=O) groups is 11. The maximum Gasteiger partial charge on any atom is 0.247 e. The Labute approximate surface area is 708 Å². The Kier molecular flexibility index (Phi) is 36.7. The normalized spacial score (nSPS) is 16.1. The molecule has 0 bridgehead atoms. The van der Waals surface area contributed by atoms with Crippen LogP contribution in [-0.4, -0.2) is 243 Å². The molecule has 0 spiro atoms. The molecule has 2 aliphatic rings.